The molecule has 0 saturated carbocycles. The fourth-order valence-electron chi connectivity index (χ4n) is 2.75. The van der Waals surface area contributed by atoms with Crippen molar-refractivity contribution in [2.75, 3.05) is 18.8 Å². The van der Waals surface area contributed by atoms with Crippen molar-refractivity contribution in [3.05, 3.63) is 0 Å². The van der Waals surface area contributed by atoms with Gasteiger partial charge in [0.1, 0.15) is 0 Å². The number of hydrogen-bond donors (Lipinski definition) is 0. The molecule has 0 aliphatic rings. The maximum absolute atomic E-state index is 12.6. The second kappa shape index (κ2) is 16.4. The first kappa shape index (κ1) is 23.9. The molecule has 0 heterocycles. The van der Waals surface area contributed by atoms with Crippen molar-refractivity contribution < 1.29 is 8.42 Å². The van der Waals surface area contributed by atoms with E-state index in [1.807, 2.05) is 0 Å². The summed E-state index contributed by atoms with van der Waals surface area (Å²) in [5.74, 6) is 0.220. The van der Waals surface area contributed by atoms with Crippen LogP contribution in [0.25, 0.3) is 0 Å². The Bertz CT molecular complexity index is 470. The molecule has 25 heavy (non-hydrogen) atoms. The van der Waals surface area contributed by atoms with Gasteiger partial charge in [-0.05, 0) is 32.1 Å². The Kier molecular flexibility index (Phi) is 15.6. The molecule has 0 bridgehead atoms. The van der Waals surface area contributed by atoms with Crippen molar-refractivity contribution in [1.29, 1.82) is 10.5 Å². The molecule has 0 aromatic rings. The molecule has 0 aliphatic carbocycles. The fraction of sp³-hybridized carbons (Fsp3) is 0.895. The number of nitriles is 2. The maximum Gasteiger partial charge on any atom is 0.214 e. The predicted octanol–water partition coefficient (Wildman–Crippen LogP) is 4.76. The van der Waals surface area contributed by atoms with Gasteiger partial charge in [0, 0.05) is 25.9 Å². The van der Waals surface area contributed by atoms with Crippen LogP contribution in [0.15, 0.2) is 0 Å². The van der Waals surface area contributed by atoms with Gasteiger partial charge in [0.2, 0.25) is 10.0 Å². The summed E-state index contributed by atoms with van der Waals surface area (Å²) in [4.78, 5) is 0. The Morgan fingerprint density at radius 2 is 1.20 bits per heavy atom. The standard InChI is InChI=1S/C19H35N3O2S/c1-2-3-4-5-6-7-14-19-25(23,24)22(17-12-8-10-15-20)18-13-9-11-16-21/h2-14,17-19H2,1H3. The molecule has 0 aliphatic heterocycles. The normalized spacial score (nSPS) is 11.4. The van der Waals surface area contributed by atoms with Crippen LogP contribution in [0.1, 0.15) is 90.4 Å². The van der Waals surface area contributed by atoms with Gasteiger partial charge in [0.05, 0.1) is 17.9 Å². The molecule has 0 aromatic carbocycles. The predicted molar refractivity (Wildman–Crippen MR) is 102 cm³/mol. The van der Waals surface area contributed by atoms with Gasteiger partial charge in [0.25, 0.3) is 0 Å². The summed E-state index contributed by atoms with van der Waals surface area (Å²) in [5.41, 5.74) is 0. The van der Waals surface area contributed by atoms with Gasteiger partial charge in [-0.25, -0.2) is 12.7 Å². The number of hydrogen-bond acceptors (Lipinski definition) is 4. The lowest BCUT2D eigenvalue weighted by Crippen LogP contribution is -2.35. The van der Waals surface area contributed by atoms with Gasteiger partial charge in [-0.15, -0.1) is 0 Å². The van der Waals surface area contributed by atoms with Gasteiger partial charge in [-0.3, -0.25) is 0 Å². The number of sulfonamides is 1. The van der Waals surface area contributed by atoms with E-state index < -0.39 is 10.0 Å². The Hall–Kier alpha value is -1.11. The van der Waals surface area contributed by atoms with Crippen LogP contribution in [-0.2, 0) is 10.0 Å². The summed E-state index contributed by atoms with van der Waals surface area (Å²) in [6.45, 7) is 3.18. The van der Waals surface area contributed by atoms with E-state index >= 15 is 0 Å². The molecule has 0 rings (SSSR count). The molecule has 0 amide bonds. The van der Waals surface area contributed by atoms with Gasteiger partial charge in [-0.1, -0.05) is 45.4 Å². The monoisotopic (exact) mass is 369 g/mol. The lowest BCUT2D eigenvalue weighted by atomic mass is 10.1. The summed E-state index contributed by atoms with van der Waals surface area (Å²) < 4.78 is 26.8. The number of nitrogens with zero attached hydrogens (tertiary/aromatic N) is 3. The second-order valence-electron chi connectivity index (χ2n) is 6.57. The SMILES string of the molecule is CCCCCCCCCS(=O)(=O)N(CCCCC#N)CCCCC#N. The van der Waals surface area contributed by atoms with Crippen molar-refractivity contribution in [1.82, 2.24) is 4.31 Å². The van der Waals surface area contributed by atoms with E-state index in [-0.39, 0.29) is 5.75 Å². The Morgan fingerprint density at radius 1 is 0.720 bits per heavy atom. The molecule has 0 N–H and O–H groups in total. The van der Waals surface area contributed by atoms with E-state index in [1.165, 1.54) is 25.7 Å². The zero-order chi connectivity index (χ0) is 18.8. The highest BCUT2D eigenvalue weighted by Crippen LogP contribution is 2.13. The Morgan fingerprint density at radius 3 is 1.68 bits per heavy atom. The summed E-state index contributed by atoms with van der Waals surface area (Å²) in [6.07, 6.45) is 11.6. The molecular weight excluding hydrogens is 334 g/mol. The topological polar surface area (TPSA) is 85.0 Å². The average molecular weight is 370 g/mol. The van der Waals surface area contributed by atoms with Crippen LogP contribution in [0.2, 0.25) is 0 Å². The highest BCUT2D eigenvalue weighted by molar-refractivity contribution is 7.89. The third-order valence-electron chi connectivity index (χ3n) is 4.29. The zero-order valence-electron chi connectivity index (χ0n) is 15.9. The van der Waals surface area contributed by atoms with Crippen LogP contribution in [0.5, 0.6) is 0 Å². The average Bonchev–Trinajstić information content (AvgIpc) is 2.59. The van der Waals surface area contributed by atoms with Crippen molar-refractivity contribution in [3.63, 3.8) is 0 Å². The van der Waals surface area contributed by atoms with Gasteiger partial charge < -0.3 is 0 Å². The lowest BCUT2D eigenvalue weighted by molar-refractivity contribution is 0.390. The molecular formula is C19H35N3O2S. The van der Waals surface area contributed by atoms with E-state index in [1.54, 1.807) is 4.31 Å². The second-order valence-corrected chi connectivity index (χ2v) is 8.66. The van der Waals surface area contributed by atoms with Crippen LogP contribution in [-0.4, -0.2) is 31.6 Å². The highest BCUT2D eigenvalue weighted by Gasteiger charge is 2.20. The third kappa shape index (κ3) is 13.8. The first-order chi connectivity index (χ1) is 12.1. The van der Waals surface area contributed by atoms with E-state index in [9.17, 15) is 8.42 Å². The zero-order valence-corrected chi connectivity index (χ0v) is 16.7. The molecule has 0 radical (unpaired) electrons. The van der Waals surface area contributed by atoms with Gasteiger partial charge >= 0.3 is 0 Å². The fourth-order valence-corrected chi connectivity index (χ4v) is 4.39. The van der Waals surface area contributed by atoms with E-state index in [0.29, 0.717) is 25.9 Å². The first-order valence-corrected chi connectivity index (χ1v) is 11.4. The summed E-state index contributed by atoms with van der Waals surface area (Å²) in [5, 5.41) is 17.2. The quantitative estimate of drug-likeness (QED) is 0.346. The Labute approximate surface area is 155 Å². The molecule has 0 unspecified atom stereocenters. The molecule has 6 heteroatoms. The molecule has 144 valence electrons. The van der Waals surface area contributed by atoms with E-state index in [0.717, 1.165) is 44.9 Å². The first-order valence-electron chi connectivity index (χ1n) is 9.80. The largest absolute Gasteiger partial charge is 0.214 e. The minimum absolute atomic E-state index is 0.220. The van der Waals surface area contributed by atoms with Crippen LogP contribution < -0.4 is 0 Å². The van der Waals surface area contributed by atoms with E-state index in [2.05, 4.69) is 19.1 Å². The van der Waals surface area contributed by atoms with E-state index in [4.69, 9.17) is 10.5 Å². The van der Waals surface area contributed by atoms with Gasteiger partial charge in [-0.2, -0.15) is 10.5 Å². The van der Waals surface area contributed by atoms with Crippen molar-refractivity contribution in [2.45, 2.75) is 90.4 Å². The van der Waals surface area contributed by atoms with Gasteiger partial charge in [0.15, 0.2) is 0 Å². The van der Waals surface area contributed by atoms with Crippen molar-refractivity contribution in [3.8, 4) is 12.1 Å². The summed E-state index contributed by atoms with van der Waals surface area (Å²) >= 11 is 0. The minimum Gasteiger partial charge on any atom is -0.212 e. The minimum atomic E-state index is -3.23. The highest BCUT2D eigenvalue weighted by atomic mass is 32.2. The van der Waals surface area contributed by atoms with Crippen molar-refractivity contribution in [2.24, 2.45) is 0 Å². The smallest absolute Gasteiger partial charge is 0.212 e. The lowest BCUT2D eigenvalue weighted by Gasteiger charge is -2.22. The van der Waals surface area contributed by atoms with Crippen LogP contribution in [0, 0.1) is 22.7 Å². The third-order valence-corrected chi connectivity index (χ3v) is 6.25. The van der Waals surface area contributed by atoms with Crippen molar-refractivity contribution >= 4 is 10.0 Å². The molecule has 0 fully saturated rings. The molecule has 0 atom stereocenters. The number of unbranched alkanes of at least 4 members (excludes halogenated alkanes) is 10. The Balaban J connectivity index is 4.26. The van der Waals surface area contributed by atoms with Crippen LogP contribution in [0.4, 0.5) is 0 Å². The molecule has 5 nitrogen and oxygen atoms in total. The summed E-state index contributed by atoms with van der Waals surface area (Å²) in [7, 11) is -3.23. The molecule has 0 saturated heterocycles. The van der Waals surface area contributed by atoms with Crippen LogP contribution in [0.3, 0.4) is 0 Å². The molecule has 0 spiro atoms. The van der Waals surface area contributed by atoms with Crippen LogP contribution >= 0.6 is 0 Å². The number of rotatable bonds is 17. The molecule has 0 aromatic heterocycles. The summed E-state index contributed by atoms with van der Waals surface area (Å²) in [6, 6.07) is 4.20. The maximum atomic E-state index is 12.6.